The fraction of sp³-hybridized carbons (Fsp3) is 0.467. The molecular weight excluding hydrogens is 311 g/mol. The average molecular weight is 329 g/mol. The fourth-order valence-corrected chi connectivity index (χ4v) is 2.82. The zero-order valence-corrected chi connectivity index (χ0v) is 13.4. The predicted molar refractivity (Wildman–Crippen MR) is 84.0 cm³/mol. The van der Waals surface area contributed by atoms with E-state index in [1.54, 1.807) is 25.2 Å². The average Bonchev–Trinajstić information content (AvgIpc) is 2.50. The van der Waals surface area contributed by atoms with Crippen LogP contribution in [0.15, 0.2) is 18.2 Å². The number of amides is 1. The van der Waals surface area contributed by atoms with Gasteiger partial charge >= 0.3 is 0 Å². The monoisotopic (exact) mass is 328 g/mol. The maximum atomic E-state index is 12.2. The van der Waals surface area contributed by atoms with E-state index >= 15 is 0 Å². The Morgan fingerprint density at radius 2 is 1.90 bits per heavy atom. The van der Waals surface area contributed by atoms with Crippen LogP contribution in [0.4, 0.5) is 0 Å². The molecule has 0 bridgehead atoms. The normalized spacial score (nSPS) is 16.7. The number of benzene rings is 1. The number of hydrogen-bond donors (Lipinski definition) is 1. The van der Waals surface area contributed by atoms with Crippen molar-refractivity contribution in [1.29, 1.82) is 0 Å². The highest BCUT2D eigenvalue weighted by Crippen LogP contribution is 2.23. The molecule has 1 N–H and O–H groups in total. The lowest BCUT2D eigenvalue weighted by Crippen LogP contribution is -2.41. The van der Waals surface area contributed by atoms with Gasteiger partial charge in [0, 0.05) is 18.5 Å². The molecule has 0 unspecified atom stereocenters. The molecule has 21 heavy (non-hydrogen) atoms. The van der Waals surface area contributed by atoms with Crippen molar-refractivity contribution in [3.05, 3.63) is 33.8 Å². The lowest BCUT2D eigenvalue weighted by Gasteiger charge is -2.30. The molecule has 1 amide bonds. The molecule has 1 aromatic rings. The highest BCUT2D eigenvalue weighted by atomic mass is 35.5. The standard InChI is InChI=1S/C15H18Cl2N2O2/c1-18-15(21)10-4-6-19(7-5-10)9-14(20)11-2-3-12(16)13(17)8-11/h2-3,8,10H,4-7,9H2,1H3,(H,18,21). The molecule has 0 saturated carbocycles. The second-order valence-corrected chi connectivity index (χ2v) is 6.03. The maximum Gasteiger partial charge on any atom is 0.222 e. The summed E-state index contributed by atoms with van der Waals surface area (Å²) in [7, 11) is 1.66. The SMILES string of the molecule is CNC(=O)C1CCN(CC(=O)c2ccc(Cl)c(Cl)c2)CC1. The number of Topliss-reactive ketones (excluding diaryl/α,β-unsaturated/α-hetero) is 1. The summed E-state index contributed by atoms with van der Waals surface area (Å²) in [6.07, 6.45) is 1.57. The highest BCUT2D eigenvalue weighted by molar-refractivity contribution is 6.42. The molecule has 1 saturated heterocycles. The Labute approximate surface area is 134 Å². The summed E-state index contributed by atoms with van der Waals surface area (Å²) in [6.45, 7) is 1.86. The van der Waals surface area contributed by atoms with E-state index in [0.29, 0.717) is 22.2 Å². The van der Waals surface area contributed by atoms with Gasteiger partial charge in [-0.25, -0.2) is 0 Å². The van der Waals surface area contributed by atoms with Crippen molar-refractivity contribution in [2.24, 2.45) is 5.92 Å². The van der Waals surface area contributed by atoms with Crippen molar-refractivity contribution in [1.82, 2.24) is 10.2 Å². The summed E-state index contributed by atoms with van der Waals surface area (Å²) in [5.74, 6) is 0.170. The van der Waals surface area contributed by atoms with Crippen LogP contribution in [0.3, 0.4) is 0 Å². The molecule has 1 aromatic carbocycles. The molecule has 1 fully saturated rings. The van der Waals surface area contributed by atoms with Crippen molar-refractivity contribution in [2.45, 2.75) is 12.8 Å². The van der Waals surface area contributed by atoms with Crippen LogP contribution in [0.1, 0.15) is 23.2 Å². The molecular formula is C15H18Cl2N2O2. The minimum Gasteiger partial charge on any atom is -0.359 e. The maximum absolute atomic E-state index is 12.2. The number of rotatable bonds is 4. The highest BCUT2D eigenvalue weighted by Gasteiger charge is 2.25. The Morgan fingerprint density at radius 1 is 1.24 bits per heavy atom. The topological polar surface area (TPSA) is 49.4 Å². The number of nitrogens with zero attached hydrogens (tertiary/aromatic N) is 1. The third-order valence-electron chi connectivity index (χ3n) is 3.81. The Balaban J connectivity index is 1.89. The van der Waals surface area contributed by atoms with E-state index < -0.39 is 0 Å². The number of ketones is 1. The van der Waals surface area contributed by atoms with Gasteiger partial charge in [-0.3, -0.25) is 14.5 Å². The van der Waals surface area contributed by atoms with Gasteiger partial charge in [0.1, 0.15) is 0 Å². The first kappa shape index (κ1) is 16.3. The molecule has 0 aromatic heterocycles. The third-order valence-corrected chi connectivity index (χ3v) is 4.55. The smallest absolute Gasteiger partial charge is 0.222 e. The number of likely N-dealkylation sites (tertiary alicyclic amines) is 1. The van der Waals surface area contributed by atoms with Crippen molar-refractivity contribution >= 4 is 34.9 Å². The first-order valence-electron chi connectivity index (χ1n) is 6.93. The van der Waals surface area contributed by atoms with Crippen LogP contribution >= 0.6 is 23.2 Å². The summed E-state index contributed by atoms with van der Waals surface area (Å²) in [5, 5.41) is 3.51. The molecule has 1 heterocycles. The fourth-order valence-electron chi connectivity index (χ4n) is 2.52. The van der Waals surface area contributed by atoms with Crippen LogP contribution in [-0.4, -0.2) is 43.3 Å². The van der Waals surface area contributed by atoms with Gasteiger partial charge in [-0.2, -0.15) is 0 Å². The molecule has 0 aliphatic carbocycles. The van der Waals surface area contributed by atoms with Gasteiger partial charge in [-0.1, -0.05) is 23.2 Å². The number of carbonyl (C=O) groups is 2. The second-order valence-electron chi connectivity index (χ2n) is 5.22. The quantitative estimate of drug-likeness (QED) is 0.864. The van der Waals surface area contributed by atoms with Crippen molar-refractivity contribution in [2.75, 3.05) is 26.7 Å². The van der Waals surface area contributed by atoms with E-state index in [-0.39, 0.29) is 17.6 Å². The van der Waals surface area contributed by atoms with E-state index in [1.807, 2.05) is 0 Å². The molecule has 0 atom stereocenters. The van der Waals surface area contributed by atoms with Gasteiger partial charge in [-0.15, -0.1) is 0 Å². The van der Waals surface area contributed by atoms with E-state index in [2.05, 4.69) is 10.2 Å². The van der Waals surface area contributed by atoms with Gasteiger partial charge in [0.2, 0.25) is 5.91 Å². The molecule has 4 nitrogen and oxygen atoms in total. The zero-order valence-electron chi connectivity index (χ0n) is 11.9. The van der Waals surface area contributed by atoms with E-state index in [9.17, 15) is 9.59 Å². The molecule has 0 radical (unpaired) electrons. The van der Waals surface area contributed by atoms with Crippen molar-refractivity contribution in [3.8, 4) is 0 Å². The summed E-state index contributed by atoms with van der Waals surface area (Å²) in [5.41, 5.74) is 0.567. The number of carbonyl (C=O) groups excluding carboxylic acids is 2. The molecule has 1 aliphatic rings. The van der Waals surface area contributed by atoms with Crippen LogP contribution in [0.25, 0.3) is 0 Å². The van der Waals surface area contributed by atoms with E-state index in [0.717, 1.165) is 25.9 Å². The zero-order chi connectivity index (χ0) is 15.4. The summed E-state index contributed by atoms with van der Waals surface area (Å²) >= 11 is 11.8. The largest absolute Gasteiger partial charge is 0.359 e. The van der Waals surface area contributed by atoms with Crippen molar-refractivity contribution < 1.29 is 9.59 Å². The second kappa shape index (κ2) is 7.25. The van der Waals surface area contributed by atoms with E-state index in [1.165, 1.54) is 0 Å². The van der Waals surface area contributed by atoms with Crippen LogP contribution in [-0.2, 0) is 4.79 Å². The lowest BCUT2D eigenvalue weighted by atomic mass is 9.95. The van der Waals surface area contributed by atoms with Crippen LogP contribution in [0.5, 0.6) is 0 Å². The minimum atomic E-state index is 0.0203. The number of nitrogens with one attached hydrogen (secondary N) is 1. The van der Waals surface area contributed by atoms with Crippen molar-refractivity contribution in [3.63, 3.8) is 0 Å². The van der Waals surface area contributed by atoms with Crippen LogP contribution in [0, 0.1) is 5.92 Å². The first-order chi connectivity index (χ1) is 10.0. The molecule has 2 rings (SSSR count). The van der Waals surface area contributed by atoms with Gasteiger partial charge in [0.05, 0.1) is 16.6 Å². The molecule has 0 spiro atoms. The predicted octanol–water partition coefficient (Wildman–Crippen LogP) is 2.63. The van der Waals surface area contributed by atoms with Gasteiger partial charge in [0.25, 0.3) is 0 Å². The Morgan fingerprint density at radius 3 is 2.48 bits per heavy atom. The minimum absolute atomic E-state index is 0.0203. The van der Waals surface area contributed by atoms with Crippen LogP contribution in [0.2, 0.25) is 10.0 Å². The lowest BCUT2D eigenvalue weighted by molar-refractivity contribution is -0.125. The van der Waals surface area contributed by atoms with Gasteiger partial charge in [-0.05, 0) is 44.1 Å². The molecule has 1 aliphatic heterocycles. The number of hydrogen-bond acceptors (Lipinski definition) is 3. The number of halogens is 2. The Kier molecular flexibility index (Phi) is 5.62. The summed E-state index contributed by atoms with van der Waals surface area (Å²) in [4.78, 5) is 25.9. The Hall–Kier alpha value is -1.10. The summed E-state index contributed by atoms with van der Waals surface area (Å²) in [6, 6.07) is 4.92. The van der Waals surface area contributed by atoms with E-state index in [4.69, 9.17) is 23.2 Å². The van der Waals surface area contributed by atoms with Crippen LogP contribution < -0.4 is 5.32 Å². The summed E-state index contributed by atoms with van der Waals surface area (Å²) < 4.78 is 0. The van der Waals surface area contributed by atoms with Gasteiger partial charge in [0.15, 0.2) is 5.78 Å². The third kappa shape index (κ3) is 4.19. The molecule has 114 valence electrons. The number of piperidine rings is 1. The molecule has 6 heteroatoms. The Bertz CT molecular complexity index is 540. The van der Waals surface area contributed by atoms with Gasteiger partial charge < -0.3 is 5.32 Å². The first-order valence-corrected chi connectivity index (χ1v) is 7.69.